The highest BCUT2D eigenvalue weighted by Gasteiger charge is 2.24. The minimum Gasteiger partial charge on any atom is -0.316 e. The maximum absolute atomic E-state index is 4.85. The van der Waals surface area contributed by atoms with Gasteiger partial charge in [0.2, 0.25) is 0 Å². The molecule has 0 spiro atoms. The van der Waals surface area contributed by atoms with Gasteiger partial charge in [0.1, 0.15) is 11.3 Å². The Hall–Kier alpha value is -2.20. The molecule has 21 heavy (non-hydrogen) atoms. The molecule has 1 aliphatic rings. The van der Waals surface area contributed by atoms with E-state index in [1.165, 1.54) is 5.56 Å². The van der Waals surface area contributed by atoms with Crippen LogP contribution in [0.2, 0.25) is 0 Å². The highest BCUT2D eigenvalue weighted by molar-refractivity contribution is 5.74. The van der Waals surface area contributed by atoms with E-state index in [-0.39, 0.29) is 0 Å². The summed E-state index contributed by atoms with van der Waals surface area (Å²) in [6.07, 6.45) is 2.97. The van der Waals surface area contributed by atoms with Crippen molar-refractivity contribution in [1.29, 1.82) is 0 Å². The SMILES string of the molecule is Cc1ccc(-n2c(C3CCNC3)nc3cccnc32)cc1. The number of nitrogens with zero attached hydrogens (tertiary/aromatic N) is 3. The number of nitrogens with one attached hydrogen (secondary N) is 1. The van der Waals surface area contributed by atoms with Gasteiger partial charge in [-0.15, -0.1) is 0 Å². The summed E-state index contributed by atoms with van der Waals surface area (Å²) in [6, 6.07) is 12.6. The molecular weight excluding hydrogens is 260 g/mol. The van der Waals surface area contributed by atoms with Crippen LogP contribution in [0.4, 0.5) is 0 Å². The maximum Gasteiger partial charge on any atom is 0.164 e. The first kappa shape index (κ1) is 12.5. The van der Waals surface area contributed by atoms with Gasteiger partial charge in [0.15, 0.2) is 5.65 Å². The zero-order chi connectivity index (χ0) is 14.2. The van der Waals surface area contributed by atoms with Crippen molar-refractivity contribution in [2.45, 2.75) is 19.3 Å². The fourth-order valence-corrected chi connectivity index (χ4v) is 3.03. The van der Waals surface area contributed by atoms with Crippen LogP contribution >= 0.6 is 0 Å². The molecule has 1 aromatic carbocycles. The predicted molar refractivity (Wildman–Crippen MR) is 83.8 cm³/mol. The molecule has 1 N–H and O–H groups in total. The van der Waals surface area contributed by atoms with Crippen LogP contribution in [-0.4, -0.2) is 27.6 Å². The average Bonchev–Trinajstić information content (AvgIpc) is 3.15. The molecule has 0 bridgehead atoms. The lowest BCUT2D eigenvalue weighted by molar-refractivity contribution is 0.691. The molecule has 106 valence electrons. The lowest BCUT2D eigenvalue weighted by Crippen LogP contribution is -2.12. The van der Waals surface area contributed by atoms with Gasteiger partial charge in [-0.05, 0) is 44.2 Å². The smallest absolute Gasteiger partial charge is 0.164 e. The zero-order valence-electron chi connectivity index (χ0n) is 12.1. The van der Waals surface area contributed by atoms with Crippen LogP contribution in [0.25, 0.3) is 16.9 Å². The summed E-state index contributed by atoms with van der Waals surface area (Å²) in [6.45, 7) is 4.17. The van der Waals surface area contributed by atoms with Crippen LogP contribution in [0.1, 0.15) is 23.7 Å². The first-order chi connectivity index (χ1) is 10.3. The Labute approximate surface area is 123 Å². The van der Waals surface area contributed by atoms with Crippen LogP contribution in [0.15, 0.2) is 42.6 Å². The Morgan fingerprint density at radius 1 is 1.19 bits per heavy atom. The summed E-state index contributed by atoms with van der Waals surface area (Å²) in [7, 11) is 0. The van der Waals surface area contributed by atoms with Gasteiger partial charge in [-0.3, -0.25) is 4.57 Å². The summed E-state index contributed by atoms with van der Waals surface area (Å²) in [5, 5.41) is 3.43. The Bertz CT molecular complexity index is 767. The fourth-order valence-electron chi connectivity index (χ4n) is 3.03. The van der Waals surface area contributed by atoms with Gasteiger partial charge >= 0.3 is 0 Å². The number of benzene rings is 1. The molecule has 1 unspecified atom stereocenters. The van der Waals surface area contributed by atoms with Gasteiger partial charge in [0.25, 0.3) is 0 Å². The second kappa shape index (κ2) is 4.97. The lowest BCUT2D eigenvalue weighted by Gasteiger charge is -2.13. The van der Waals surface area contributed by atoms with Crippen molar-refractivity contribution >= 4 is 11.2 Å². The second-order valence-electron chi connectivity index (χ2n) is 5.68. The highest BCUT2D eigenvalue weighted by atomic mass is 15.1. The van der Waals surface area contributed by atoms with E-state index in [1.807, 2.05) is 18.3 Å². The first-order valence-corrected chi connectivity index (χ1v) is 7.44. The molecular formula is C17H18N4. The van der Waals surface area contributed by atoms with E-state index in [4.69, 9.17) is 4.98 Å². The molecule has 3 aromatic rings. The summed E-state index contributed by atoms with van der Waals surface area (Å²) in [5.74, 6) is 1.58. The van der Waals surface area contributed by atoms with E-state index in [9.17, 15) is 0 Å². The molecule has 1 saturated heterocycles. The van der Waals surface area contributed by atoms with Crippen molar-refractivity contribution in [1.82, 2.24) is 19.9 Å². The van der Waals surface area contributed by atoms with Crippen LogP contribution in [0.3, 0.4) is 0 Å². The summed E-state index contributed by atoms with van der Waals surface area (Å²) >= 11 is 0. The Kier molecular flexibility index (Phi) is 2.97. The number of aryl methyl sites for hydroxylation is 1. The van der Waals surface area contributed by atoms with Crippen molar-refractivity contribution in [3.63, 3.8) is 0 Å². The van der Waals surface area contributed by atoms with Crippen molar-refractivity contribution in [3.05, 3.63) is 54.0 Å². The maximum atomic E-state index is 4.85. The number of hydrogen-bond donors (Lipinski definition) is 1. The monoisotopic (exact) mass is 278 g/mol. The number of rotatable bonds is 2. The Morgan fingerprint density at radius 2 is 2.05 bits per heavy atom. The van der Waals surface area contributed by atoms with Crippen LogP contribution in [0.5, 0.6) is 0 Å². The number of hydrogen-bond acceptors (Lipinski definition) is 3. The molecule has 3 heterocycles. The molecule has 0 saturated carbocycles. The fraction of sp³-hybridized carbons (Fsp3) is 0.294. The largest absolute Gasteiger partial charge is 0.316 e. The van der Waals surface area contributed by atoms with Crippen molar-refractivity contribution in [3.8, 4) is 5.69 Å². The van der Waals surface area contributed by atoms with E-state index in [0.717, 1.165) is 42.2 Å². The Morgan fingerprint density at radius 3 is 2.81 bits per heavy atom. The van der Waals surface area contributed by atoms with Crippen LogP contribution < -0.4 is 5.32 Å². The molecule has 4 rings (SSSR count). The van der Waals surface area contributed by atoms with Gasteiger partial charge < -0.3 is 5.32 Å². The van der Waals surface area contributed by atoms with E-state index in [0.29, 0.717) is 5.92 Å². The quantitative estimate of drug-likeness (QED) is 0.784. The number of aromatic nitrogens is 3. The molecule has 1 fully saturated rings. The molecule has 0 radical (unpaired) electrons. The first-order valence-electron chi connectivity index (χ1n) is 7.44. The zero-order valence-corrected chi connectivity index (χ0v) is 12.1. The van der Waals surface area contributed by atoms with Crippen molar-refractivity contribution < 1.29 is 0 Å². The third kappa shape index (κ3) is 2.12. The standard InChI is InChI=1S/C17H18N4/c1-12-4-6-14(7-5-12)21-16(13-8-10-18-11-13)20-15-3-2-9-19-17(15)21/h2-7,9,13,18H,8,10-11H2,1H3. The third-order valence-electron chi connectivity index (χ3n) is 4.16. The number of imidazole rings is 1. The molecule has 1 aliphatic heterocycles. The van der Waals surface area contributed by atoms with Crippen LogP contribution in [0, 0.1) is 6.92 Å². The van der Waals surface area contributed by atoms with E-state index in [1.54, 1.807) is 0 Å². The molecule has 1 atom stereocenters. The lowest BCUT2D eigenvalue weighted by atomic mass is 10.1. The molecule has 0 aliphatic carbocycles. The highest BCUT2D eigenvalue weighted by Crippen LogP contribution is 2.28. The molecule has 4 heteroatoms. The minimum absolute atomic E-state index is 0.459. The van der Waals surface area contributed by atoms with Gasteiger partial charge in [-0.2, -0.15) is 0 Å². The van der Waals surface area contributed by atoms with E-state index < -0.39 is 0 Å². The van der Waals surface area contributed by atoms with Gasteiger partial charge in [-0.25, -0.2) is 9.97 Å². The summed E-state index contributed by atoms with van der Waals surface area (Å²) < 4.78 is 2.21. The third-order valence-corrected chi connectivity index (χ3v) is 4.16. The van der Waals surface area contributed by atoms with Gasteiger partial charge in [0, 0.05) is 24.3 Å². The van der Waals surface area contributed by atoms with E-state index >= 15 is 0 Å². The normalized spacial score (nSPS) is 18.4. The summed E-state index contributed by atoms with van der Waals surface area (Å²) in [5.41, 5.74) is 4.33. The topological polar surface area (TPSA) is 42.7 Å². The van der Waals surface area contributed by atoms with Crippen LogP contribution in [-0.2, 0) is 0 Å². The molecule has 0 amide bonds. The number of pyridine rings is 1. The van der Waals surface area contributed by atoms with Crippen molar-refractivity contribution in [2.75, 3.05) is 13.1 Å². The number of fused-ring (bicyclic) bond motifs is 1. The van der Waals surface area contributed by atoms with Gasteiger partial charge in [-0.1, -0.05) is 17.7 Å². The van der Waals surface area contributed by atoms with Crippen molar-refractivity contribution in [2.24, 2.45) is 0 Å². The van der Waals surface area contributed by atoms with Gasteiger partial charge in [0.05, 0.1) is 0 Å². The second-order valence-corrected chi connectivity index (χ2v) is 5.68. The Balaban J connectivity index is 1.95. The average molecular weight is 278 g/mol. The predicted octanol–water partition coefficient (Wildman–Crippen LogP) is 2.81. The summed E-state index contributed by atoms with van der Waals surface area (Å²) in [4.78, 5) is 9.41. The minimum atomic E-state index is 0.459. The molecule has 2 aromatic heterocycles. The molecule has 4 nitrogen and oxygen atoms in total. The van der Waals surface area contributed by atoms with E-state index in [2.05, 4.69) is 46.1 Å².